The van der Waals surface area contributed by atoms with Crippen molar-refractivity contribution in [2.75, 3.05) is 41.3 Å². The Balaban J connectivity index is 1.39. The van der Waals surface area contributed by atoms with Gasteiger partial charge < -0.3 is 20.2 Å². The molecule has 2 aliphatic heterocycles. The second-order valence-electron chi connectivity index (χ2n) is 9.00. The minimum absolute atomic E-state index is 0.255. The minimum Gasteiger partial charge on any atom is -0.481 e. The summed E-state index contributed by atoms with van der Waals surface area (Å²) in [5.41, 5.74) is 2.04. The van der Waals surface area contributed by atoms with Crippen molar-refractivity contribution in [3.8, 4) is 0 Å². The van der Waals surface area contributed by atoms with Gasteiger partial charge in [0.25, 0.3) is 5.56 Å². The summed E-state index contributed by atoms with van der Waals surface area (Å²) in [6.07, 6.45) is 7.48. The number of piperidine rings is 1. The number of aromatic amines is 1. The predicted octanol–water partition coefficient (Wildman–Crippen LogP) is 3.14. The standard InChI is InChI=1S/C24H29N7O3/c32-22-20-19(15-25-29-22)27-24(31-11-3-1-2-4-12-31)28-21(20)26-17-5-7-18(8-6-17)30-13-9-16(10-14-30)23(33)34/h5-8,15-16H,1-4,9-14H2,(H,29,32)(H,33,34)(H,26,27,28). The maximum atomic E-state index is 12.6. The first-order valence-corrected chi connectivity index (χ1v) is 11.9. The Bertz CT molecular complexity index is 1210. The highest BCUT2D eigenvalue weighted by molar-refractivity contribution is 5.90. The van der Waals surface area contributed by atoms with Crippen molar-refractivity contribution < 1.29 is 9.90 Å². The maximum Gasteiger partial charge on any atom is 0.306 e. The van der Waals surface area contributed by atoms with Gasteiger partial charge in [-0.05, 0) is 49.9 Å². The van der Waals surface area contributed by atoms with E-state index in [1.807, 2.05) is 24.3 Å². The van der Waals surface area contributed by atoms with Crippen LogP contribution in [0.1, 0.15) is 38.5 Å². The van der Waals surface area contributed by atoms with Gasteiger partial charge in [0, 0.05) is 37.6 Å². The number of carbonyl (C=O) groups is 1. The van der Waals surface area contributed by atoms with Crippen LogP contribution in [0.5, 0.6) is 0 Å². The third-order valence-electron chi connectivity index (χ3n) is 6.73. The van der Waals surface area contributed by atoms with Crippen LogP contribution in [0.4, 0.5) is 23.1 Å². The number of rotatable bonds is 5. The number of fused-ring (bicyclic) bond motifs is 1. The van der Waals surface area contributed by atoms with Gasteiger partial charge in [0.2, 0.25) is 5.95 Å². The molecule has 3 aromatic rings. The molecule has 34 heavy (non-hydrogen) atoms. The molecule has 3 N–H and O–H groups in total. The largest absolute Gasteiger partial charge is 0.481 e. The number of anilines is 4. The number of aromatic nitrogens is 4. The molecule has 2 aliphatic rings. The molecule has 0 aliphatic carbocycles. The summed E-state index contributed by atoms with van der Waals surface area (Å²) in [5.74, 6) is 0.111. The fourth-order valence-corrected chi connectivity index (χ4v) is 4.77. The Morgan fingerprint density at radius 3 is 2.35 bits per heavy atom. The van der Waals surface area contributed by atoms with E-state index in [1.54, 1.807) is 6.20 Å². The number of nitrogens with zero attached hydrogens (tertiary/aromatic N) is 5. The van der Waals surface area contributed by atoms with Gasteiger partial charge in [-0.2, -0.15) is 10.1 Å². The Hall–Kier alpha value is -3.69. The molecule has 1 aromatic carbocycles. The Labute approximate surface area is 197 Å². The Kier molecular flexibility index (Phi) is 6.29. The normalized spacial score (nSPS) is 17.5. The molecule has 10 heteroatoms. The molecule has 178 valence electrons. The lowest BCUT2D eigenvalue weighted by molar-refractivity contribution is -0.142. The van der Waals surface area contributed by atoms with Gasteiger partial charge in [0.1, 0.15) is 16.7 Å². The molecule has 2 fully saturated rings. The van der Waals surface area contributed by atoms with Gasteiger partial charge in [0.05, 0.1) is 12.1 Å². The first-order chi connectivity index (χ1) is 16.6. The van der Waals surface area contributed by atoms with Crippen LogP contribution in [0, 0.1) is 5.92 Å². The maximum absolute atomic E-state index is 12.6. The number of hydrogen-bond donors (Lipinski definition) is 3. The van der Waals surface area contributed by atoms with Crippen LogP contribution in [0.3, 0.4) is 0 Å². The molecule has 5 rings (SSSR count). The van der Waals surface area contributed by atoms with E-state index >= 15 is 0 Å². The predicted molar refractivity (Wildman–Crippen MR) is 131 cm³/mol. The SMILES string of the molecule is O=C(O)C1CCN(c2ccc(Nc3nc(N4CCCCCC4)nc4cn[nH]c(=O)c34)cc2)CC1. The van der Waals surface area contributed by atoms with E-state index in [4.69, 9.17) is 4.98 Å². The summed E-state index contributed by atoms with van der Waals surface area (Å²) in [7, 11) is 0. The number of H-pyrrole nitrogens is 1. The zero-order chi connectivity index (χ0) is 23.5. The molecule has 0 radical (unpaired) electrons. The Morgan fingerprint density at radius 1 is 0.971 bits per heavy atom. The van der Waals surface area contributed by atoms with Crippen molar-refractivity contribution in [1.82, 2.24) is 20.2 Å². The zero-order valence-corrected chi connectivity index (χ0v) is 19.0. The van der Waals surface area contributed by atoms with E-state index < -0.39 is 5.97 Å². The monoisotopic (exact) mass is 463 g/mol. The molecular formula is C24H29N7O3. The number of aliphatic carboxylic acids is 1. The summed E-state index contributed by atoms with van der Waals surface area (Å²) in [6.45, 7) is 3.24. The van der Waals surface area contributed by atoms with Crippen molar-refractivity contribution >= 4 is 40.0 Å². The summed E-state index contributed by atoms with van der Waals surface area (Å²) < 4.78 is 0. The molecule has 0 amide bonds. The molecule has 0 saturated carbocycles. The number of benzene rings is 1. The molecule has 2 saturated heterocycles. The topological polar surface area (TPSA) is 127 Å². The van der Waals surface area contributed by atoms with Crippen molar-refractivity contribution in [3.63, 3.8) is 0 Å². The summed E-state index contributed by atoms with van der Waals surface area (Å²) in [5, 5.41) is 19.3. The highest BCUT2D eigenvalue weighted by Crippen LogP contribution is 2.28. The second kappa shape index (κ2) is 9.66. The van der Waals surface area contributed by atoms with Gasteiger partial charge in [-0.15, -0.1) is 0 Å². The fourth-order valence-electron chi connectivity index (χ4n) is 4.77. The van der Waals surface area contributed by atoms with Crippen molar-refractivity contribution in [2.45, 2.75) is 38.5 Å². The average molecular weight is 464 g/mol. The van der Waals surface area contributed by atoms with E-state index in [1.165, 1.54) is 12.8 Å². The summed E-state index contributed by atoms with van der Waals surface area (Å²) in [4.78, 5) is 37.6. The van der Waals surface area contributed by atoms with E-state index in [0.717, 1.165) is 50.4 Å². The van der Waals surface area contributed by atoms with Crippen LogP contribution in [0.2, 0.25) is 0 Å². The number of carboxylic acids is 1. The third kappa shape index (κ3) is 4.66. The number of carboxylic acid groups (broad SMARTS) is 1. The summed E-state index contributed by atoms with van der Waals surface area (Å²) in [6, 6.07) is 7.92. The molecule has 10 nitrogen and oxygen atoms in total. The van der Waals surface area contributed by atoms with Crippen LogP contribution in [-0.2, 0) is 4.79 Å². The van der Waals surface area contributed by atoms with Crippen molar-refractivity contribution in [2.24, 2.45) is 5.92 Å². The first-order valence-electron chi connectivity index (χ1n) is 11.9. The van der Waals surface area contributed by atoms with Gasteiger partial charge in [-0.25, -0.2) is 10.1 Å². The second-order valence-corrected chi connectivity index (χ2v) is 9.00. The molecule has 4 heterocycles. The first kappa shape index (κ1) is 22.1. The molecule has 0 bridgehead atoms. The molecule has 0 spiro atoms. The van der Waals surface area contributed by atoms with E-state index in [0.29, 0.717) is 35.5 Å². The van der Waals surface area contributed by atoms with Crippen LogP contribution in [0.15, 0.2) is 35.3 Å². The highest BCUT2D eigenvalue weighted by atomic mass is 16.4. The van der Waals surface area contributed by atoms with Crippen molar-refractivity contribution in [1.29, 1.82) is 0 Å². The lowest BCUT2D eigenvalue weighted by Gasteiger charge is -2.32. The van der Waals surface area contributed by atoms with Gasteiger partial charge in [-0.3, -0.25) is 9.59 Å². The van der Waals surface area contributed by atoms with E-state index in [9.17, 15) is 14.7 Å². The van der Waals surface area contributed by atoms with Crippen molar-refractivity contribution in [3.05, 3.63) is 40.8 Å². The highest BCUT2D eigenvalue weighted by Gasteiger charge is 2.24. The molecule has 2 aromatic heterocycles. The minimum atomic E-state index is -0.707. The zero-order valence-electron chi connectivity index (χ0n) is 19.0. The average Bonchev–Trinajstić information content (AvgIpc) is 3.14. The van der Waals surface area contributed by atoms with Gasteiger partial charge in [0.15, 0.2) is 0 Å². The van der Waals surface area contributed by atoms with Crippen LogP contribution in [0.25, 0.3) is 10.9 Å². The Morgan fingerprint density at radius 2 is 1.68 bits per heavy atom. The van der Waals surface area contributed by atoms with E-state index in [2.05, 4.69) is 30.3 Å². The fraction of sp³-hybridized carbons (Fsp3) is 0.458. The van der Waals surface area contributed by atoms with Crippen LogP contribution < -0.4 is 20.7 Å². The molecular weight excluding hydrogens is 434 g/mol. The number of hydrogen-bond acceptors (Lipinski definition) is 8. The molecule has 0 unspecified atom stereocenters. The van der Waals surface area contributed by atoms with Crippen LogP contribution >= 0.6 is 0 Å². The summed E-state index contributed by atoms with van der Waals surface area (Å²) >= 11 is 0. The lowest BCUT2D eigenvalue weighted by Crippen LogP contribution is -2.36. The lowest BCUT2D eigenvalue weighted by atomic mass is 9.97. The number of nitrogens with one attached hydrogen (secondary N) is 2. The smallest absolute Gasteiger partial charge is 0.306 e. The van der Waals surface area contributed by atoms with Gasteiger partial charge in [-0.1, -0.05) is 12.8 Å². The van der Waals surface area contributed by atoms with Crippen LogP contribution in [-0.4, -0.2) is 57.4 Å². The van der Waals surface area contributed by atoms with E-state index in [-0.39, 0.29) is 11.5 Å². The quantitative estimate of drug-likeness (QED) is 0.523. The third-order valence-corrected chi connectivity index (χ3v) is 6.73. The molecule has 0 atom stereocenters. The van der Waals surface area contributed by atoms with Gasteiger partial charge >= 0.3 is 5.97 Å².